The van der Waals surface area contributed by atoms with E-state index in [0.717, 1.165) is 0 Å². The SMILES string of the molecule is CN(C)B1C([Si](C)(C)C2B(N(C)C)N(c3ccccc3)B2N(C)C)B(N(C)C)N1c1ccccc1. The van der Waals surface area contributed by atoms with Crippen molar-refractivity contribution in [1.29, 1.82) is 0 Å². The van der Waals surface area contributed by atoms with E-state index in [4.69, 9.17) is 0 Å². The Kier molecular flexibility index (Phi) is 7.56. The van der Waals surface area contributed by atoms with Crippen LogP contribution < -0.4 is 9.44 Å². The standard InChI is InChI=1S/C24H42B4N6Si/c1-29(2)25-23(26(30(3)4)33(25)21-17-13-11-14-18-21)35(9,10)24-27(31(5)6)34(28(24)32(7)8)22-19-15-12-16-20-22/h11-20,23-24H,1-10H3. The quantitative estimate of drug-likeness (QED) is 0.532. The maximum absolute atomic E-state index is 2.66. The van der Waals surface area contributed by atoms with E-state index in [1.807, 2.05) is 0 Å². The molecule has 0 atom stereocenters. The summed E-state index contributed by atoms with van der Waals surface area (Å²) in [6.07, 6.45) is 0. The van der Waals surface area contributed by atoms with Crippen LogP contribution in [0.5, 0.6) is 0 Å². The number of benzene rings is 2. The number of para-hydroxylation sites is 2. The first-order valence-electron chi connectivity index (χ1n) is 12.8. The molecule has 2 aromatic carbocycles. The van der Waals surface area contributed by atoms with Gasteiger partial charge in [-0.25, -0.2) is 0 Å². The van der Waals surface area contributed by atoms with Gasteiger partial charge in [-0.05, 0) is 91.3 Å². The van der Waals surface area contributed by atoms with E-state index in [9.17, 15) is 0 Å². The maximum atomic E-state index is 2.66. The summed E-state index contributed by atoms with van der Waals surface area (Å²) in [5, 5.41) is 1.22. The molecule has 2 heterocycles. The Morgan fingerprint density at radius 1 is 0.514 bits per heavy atom. The maximum Gasteiger partial charge on any atom is 0.327 e. The van der Waals surface area contributed by atoms with Gasteiger partial charge in [0.1, 0.15) is 0 Å². The second-order valence-electron chi connectivity index (χ2n) is 11.9. The third kappa shape index (κ3) is 4.40. The van der Waals surface area contributed by atoms with Crippen molar-refractivity contribution in [1.82, 2.24) is 19.2 Å². The normalized spacial score (nSPS) is 17.9. The van der Waals surface area contributed by atoms with Crippen LogP contribution in [0.4, 0.5) is 11.4 Å². The van der Waals surface area contributed by atoms with E-state index < -0.39 is 8.07 Å². The van der Waals surface area contributed by atoms with Crippen LogP contribution in [0, 0.1) is 0 Å². The Morgan fingerprint density at radius 2 is 0.771 bits per heavy atom. The lowest BCUT2D eigenvalue weighted by Crippen LogP contribution is -2.88. The van der Waals surface area contributed by atoms with Gasteiger partial charge in [0.05, 0.1) is 0 Å². The molecule has 11 heteroatoms. The lowest BCUT2D eigenvalue weighted by Gasteiger charge is -2.67. The van der Waals surface area contributed by atoms with Crippen molar-refractivity contribution in [2.45, 2.75) is 23.8 Å². The molecule has 2 aromatic rings. The van der Waals surface area contributed by atoms with Gasteiger partial charge in [0.2, 0.25) is 0 Å². The van der Waals surface area contributed by atoms with E-state index in [0.29, 0.717) is 38.6 Å². The molecule has 0 aliphatic carbocycles. The highest BCUT2D eigenvalue weighted by Crippen LogP contribution is 2.53. The zero-order chi connectivity index (χ0) is 25.7. The van der Waals surface area contributed by atoms with Crippen molar-refractivity contribution in [2.75, 3.05) is 65.8 Å². The summed E-state index contributed by atoms with van der Waals surface area (Å²) in [5.74, 6) is 0. The first-order valence-corrected chi connectivity index (χ1v) is 16.0. The Labute approximate surface area is 216 Å². The minimum atomic E-state index is -1.84. The average Bonchev–Trinajstić information content (AvgIpc) is 2.72. The molecule has 184 valence electrons. The van der Waals surface area contributed by atoms with Crippen LogP contribution in [0.15, 0.2) is 60.7 Å². The molecule has 2 aliphatic heterocycles. The summed E-state index contributed by atoms with van der Waals surface area (Å²) in [6.45, 7) is 6.89. The van der Waals surface area contributed by atoms with Crippen molar-refractivity contribution in [2.24, 2.45) is 0 Å². The van der Waals surface area contributed by atoms with E-state index >= 15 is 0 Å². The van der Waals surface area contributed by atoms with Crippen molar-refractivity contribution >= 4 is 47.4 Å². The molecule has 2 aliphatic rings. The van der Waals surface area contributed by atoms with Crippen molar-refractivity contribution in [3.8, 4) is 0 Å². The predicted octanol–water partition coefficient (Wildman–Crippen LogP) is 2.83. The molecule has 0 aromatic heterocycles. The molecular formula is C24H42B4N6Si. The summed E-state index contributed by atoms with van der Waals surface area (Å²) in [5.41, 5.74) is 2.64. The summed E-state index contributed by atoms with van der Waals surface area (Å²) >= 11 is 0. The lowest BCUT2D eigenvalue weighted by atomic mass is 9.31. The highest BCUT2D eigenvalue weighted by Gasteiger charge is 2.71. The minimum Gasteiger partial charge on any atom is -0.434 e. The number of hydrogen-bond donors (Lipinski definition) is 0. The zero-order valence-electron chi connectivity index (χ0n) is 23.4. The summed E-state index contributed by atoms with van der Waals surface area (Å²) < 4.78 is 5.28. The van der Waals surface area contributed by atoms with Gasteiger partial charge in [-0.2, -0.15) is 0 Å². The van der Waals surface area contributed by atoms with Crippen LogP contribution in [0.2, 0.25) is 23.8 Å². The Bertz CT molecular complexity index is 871. The van der Waals surface area contributed by atoms with Gasteiger partial charge in [-0.15, -0.1) is 0 Å². The molecule has 0 unspecified atom stereocenters. The van der Waals surface area contributed by atoms with Crippen LogP contribution in [-0.2, 0) is 0 Å². The lowest BCUT2D eigenvalue weighted by molar-refractivity contribution is 0.577. The van der Waals surface area contributed by atoms with Gasteiger partial charge in [0.25, 0.3) is 0 Å². The summed E-state index contributed by atoms with van der Waals surface area (Å²) in [4.78, 5) is 9.82. The third-order valence-electron chi connectivity index (χ3n) is 8.37. The van der Waals surface area contributed by atoms with Gasteiger partial charge in [-0.1, -0.05) is 49.5 Å². The fourth-order valence-electron chi connectivity index (χ4n) is 6.96. The molecule has 0 radical (unpaired) electrons. The smallest absolute Gasteiger partial charge is 0.327 e. The van der Waals surface area contributed by atoms with E-state index in [1.54, 1.807) is 0 Å². The first kappa shape index (κ1) is 26.4. The number of hydrogen-bond acceptors (Lipinski definition) is 6. The fraction of sp³-hybridized carbons (Fsp3) is 0.500. The molecule has 0 bridgehead atoms. The van der Waals surface area contributed by atoms with Crippen LogP contribution in [0.1, 0.15) is 0 Å². The van der Waals surface area contributed by atoms with Crippen LogP contribution >= 0.6 is 0 Å². The largest absolute Gasteiger partial charge is 0.434 e. The Morgan fingerprint density at radius 3 is 1.00 bits per heavy atom. The second kappa shape index (κ2) is 10.0. The highest BCUT2D eigenvalue weighted by molar-refractivity contribution is 7.23. The van der Waals surface area contributed by atoms with Gasteiger partial charge in [-0.3, -0.25) is 0 Å². The molecular weight excluding hydrogens is 444 g/mol. The molecule has 2 saturated heterocycles. The predicted molar refractivity (Wildman–Crippen MR) is 161 cm³/mol. The van der Waals surface area contributed by atoms with E-state index in [1.165, 1.54) is 11.4 Å². The summed E-state index contributed by atoms with van der Waals surface area (Å²) in [7, 11) is 16.2. The van der Waals surface area contributed by atoms with Crippen molar-refractivity contribution in [3.63, 3.8) is 0 Å². The molecule has 2 fully saturated rings. The van der Waals surface area contributed by atoms with Gasteiger partial charge in [0, 0.05) is 19.4 Å². The Balaban J connectivity index is 1.75. The molecule has 0 amide bonds. The summed E-state index contributed by atoms with van der Waals surface area (Å²) in [6, 6.07) is 22.0. The zero-order valence-corrected chi connectivity index (χ0v) is 24.4. The van der Waals surface area contributed by atoms with Crippen LogP contribution in [0.3, 0.4) is 0 Å². The molecule has 0 spiro atoms. The molecule has 6 nitrogen and oxygen atoms in total. The molecule has 0 N–H and O–H groups in total. The average molecular weight is 486 g/mol. The minimum absolute atomic E-state index is 0.392. The van der Waals surface area contributed by atoms with E-state index in [-0.39, 0.29) is 0 Å². The Hall–Kier alpha value is -1.64. The van der Waals surface area contributed by atoms with E-state index in [2.05, 4.69) is 159 Å². The highest BCUT2D eigenvalue weighted by atomic mass is 28.3. The van der Waals surface area contributed by atoms with Gasteiger partial charge < -0.3 is 28.7 Å². The number of anilines is 2. The number of nitrogens with zero attached hydrogens (tertiary/aromatic N) is 6. The number of rotatable bonds is 8. The van der Waals surface area contributed by atoms with Crippen LogP contribution in [0.25, 0.3) is 0 Å². The first-order chi connectivity index (χ1) is 16.5. The second-order valence-corrected chi connectivity index (χ2v) is 16.8. The molecule has 4 rings (SSSR count). The molecule has 0 saturated carbocycles. The fourth-order valence-corrected chi connectivity index (χ4v) is 12.3. The van der Waals surface area contributed by atoms with Gasteiger partial charge in [0.15, 0.2) is 0 Å². The van der Waals surface area contributed by atoms with Crippen molar-refractivity contribution < 1.29 is 0 Å². The van der Waals surface area contributed by atoms with Crippen molar-refractivity contribution in [3.05, 3.63) is 60.7 Å². The molecule has 35 heavy (non-hydrogen) atoms. The monoisotopic (exact) mass is 486 g/mol. The van der Waals surface area contributed by atoms with Gasteiger partial charge >= 0.3 is 27.9 Å². The van der Waals surface area contributed by atoms with Crippen LogP contribution in [-0.4, -0.2) is 112 Å². The topological polar surface area (TPSA) is 19.4 Å². The third-order valence-corrected chi connectivity index (χ3v) is 13.0.